The van der Waals surface area contributed by atoms with Crippen molar-refractivity contribution >= 4 is 28.7 Å². The molecule has 0 radical (unpaired) electrons. The minimum absolute atomic E-state index is 0.188. The van der Waals surface area contributed by atoms with Crippen molar-refractivity contribution in [2.45, 2.75) is 19.1 Å². The van der Waals surface area contributed by atoms with Crippen molar-refractivity contribution in [1.29, 1.82) is 0 Å². The van der Waals surface area contributed by atoms with Gasteiger partial charge in [-0.2, -0.15) is 0 Å². The number of methoxy groups -OCH3 is 1. The third kappa shape index (κ3) is 4.24. The largest absolute Gasteiger partial charge is 0.380 e. The lowest BCUT2D eigenvalue weighted by Crippen LogP contribution is -2.27. The quantitative estimate of drug-likeness (QED) is 0.884. The number of ether oxygens (including phenoxy) is 1. The number of carbonyl (C=O) groups excluding carboxylic acids is 1. The summed E-state index contributed by atoms with van der Waals surface area (Å²) in [5.41, 5.74) is 1.95. The number of anilines is 2. The highest BCUT2D eigenvalue weighted by Crippen LogP contribution is 2.23. The molecule has 2 heterocycles. The Labute approximate surface area is 140 Å². The maximum atomic E-state index is 11.9. The molecule has 1 aliphatic heterocycles. The highest BCUT2D eigenvalue weighted by atomic mass is 32.1. The normalized spacial score (nSPS) is 17.3. The summed E-state index contributed by atoms with van der Waals surface area (Å²) in [6.45, 7) is 2.48. The predicted molar refractivity (Wildman–Crippen MR) is 94.2 cm³/mol. The van der Waals surface area contributed by atoms with Crippen molar-refractivity contribution in [2.24, 2.45) is 0 Å². The van der Waals surface area contributed by atoms with E-state index in [0.29, 0.717) is 12.6 Å². The number of rotatable bonds is 5. The van der Waals surface area contributed by atoms with Gasteiger partial charge >= 0.3 is 6.03 Å². The molecular formula is C17H21N3O2S. The van der Waals surface area contributed by atoms with Crippen molar-refractivity contribution < 1.29 is 9.53 Å². The Bertz CT molecular complexity index is 628. The average Bonchev–Trinajstić information content (AvgIpc) is 3.25. The van der Waals surface area contributed by atoms with Crippen LogP contribution in [-0.4, -0.2) is 32.3 Å². The molecule has 0 saturated carbocycles. The van der Waals surface area contributed by atoms with Gasteiger partial charge in [0.15, 0.2) is 0 Å². The molecule has 0 bridgehead atoms. The maximum absolute atomic E-state index is 11.9. The summed E-state index contributed by atoms with van der Waals surface area (Å²) in [7, 11) is 1.76. The first-order valence-electron chi connectivity index (χ1n) is 7.69. The molecule has 1 fully saturated rings. The van der Waals surface area contributed by atoms with Crippen molar-refractivity contribution in [1.82, 2.24) is 5.32 Å². The molecule has 3 rings (SSSR count). The van der Waals surface area contributed by atoms with Crippen LogP contribution < -0.4 is 15.5 Å². The fourth-order valence-corrected chi connectivity index (χ4v) is 3.31. The van der Waals surface area contributed by atoms with E-state index in [2.05, 4.69) is 15.5 Å². The molecule has 6 heteroatoms. The lowest BCUT2D eigenvalue weighted by molar-refractivity contribution is 0.121. The molecule has 1 unspecified atom stereocenters. The van der Waals surface area contributed by atoms with E-state index in [9.17, 15) is 4.79 Å². The smallest absolute Gasteiger partial charge is 0.319 e. The van der Waals surface area contributed by atoms with E-state index in [0.717, 1.165) is 35.8 Å². The molecule has 23 heavy (non-hydrogen) atoms. The maximum Gasteiger partial charge on any atom is 0.319 e. The highest BCUT2D eigenvalue weighted by molar-refractivity contribution is 7.09. The number of hydrogen-bond donors (Lipinski definition) is 2. The second-order valence-corrected chi connectivity index (χ2v) is 6.56. The number of benzene rings is 1. The van der Waals surface area contributed by atoms with Gasteiger partial charge in [0.1, 0.15) is 0 Å². The third-order valence-corrected chi connectivity index (χ3v) is 4.85. The number of amides is 2. The van der Waals surface area contributed by atoms with E-state index in [1.165, 1.54) is 0 Å². The van der Waals surface area contributed by atoms with Gasteiger partial charge in [0.05, 0.1) is 12.6 Å². The van der Waals surface area contributed by atoms with Gasteiger partial charge in [-0.3, -0.25) is 0 Å². The van der Waals surface area contributed by atoms with Gasteiger partial charge in [-0.05, 0) is 42.1 Å². The van der Waals surface area contributed by atoms with E-state index in [4.69, 9.17) is 4.74 Å². The van der Waals surface area contributed by atoms with Crippen LogP contribution in [0.15, 0.2) is 41.8 Å². The van der Waals surface area contributed by atoms with E-state index in [1.54, 1.807) is 18.4 Å². The van der Waals surface area contributed by atoms with Crippen LogP contribution in [0.5, 0.6) is 0 Å². The number of hydrogen-bond acceptors (Lipinski definition) is 4. The van der Waals surface area contributed by atoms with Crippen LogP contribution in [0.3, 0.4) is 0 Å². The number of nitrogens with one attached hydrogen (secondary N) is 2. The zero-order valence-electron chi connectivity index (χ0n) is 13.1. The molecule has 0 spiro atoms. The summed E-state index contributed by atoms with van der Waals surface area (Å²) < 4.78 is 5.39. The lowest BCUT2D eigenvalue weighted by Gasteiger charge is -2.18. The minimum Gasteiger partial charge on any atom is -0.380 e. The van der Waals surface area contributed by atoms with E-state index in [-0.39, 0.29) is 6.03 Å². The van der Waals surface area contributed by atoms with Gasteiger partial charge in [-0.1, -0.05) is 6.07 Å². The highest BCUT2D eigenvalue weighted by Gasteiger charge is 2.21. The molecule has 1 atom stereocenters. The molecule has 0 aliphatic carbocycles. The summed E-state index contributed by atoms with van der Waals surface area (Å²) >= 11 is 1.63. The molecule has 1 aromatic carbocycles. The molecule has 1 aromatic heterocycles. The Kier molecular flexibility index (Phi) is 5.15. The molecule has 2 N–H and O–H groups in total. The Hall–Kier alpha value is -2.05. The molecule has 1 aliphatic rings. The first-order chi connectivity index (χ1) is 11.2. The summed E-state index contributed by atoms with van der Waals surface area (Å²) in [4.78, 5) is 15.3. The van der Waals surface area contributed by atoms with Crippen LogP contribution in [0.2, 0.25) is 0 Å². The predicted octanol–water partition coefficient (Wildman–Crippen LogP) is 3.29. The van der Waals surface area contributed by atoms with Gasteiger partial charge < -0.3 is 20.3 Å². The zero-order chi connectivity index (χ0) is 16.1. The number of nitrogens with zero attached hydrogens (tertiary/aromatic N) is 1. The molecular weight excluding hydrogens is 310 g/mol. The van der Waals surface area contributed by atoms with Gasteiger partial charge in [0, 0.05) is 36.5 Å². The Balaban J connectivity index is 1.50. The summed E-state index contributed by atoms with van der Waals surface area (Å²) in [6, 6.07) is 11.7. The van der Waals surface area contributed by atoms with Gasteiger partial charge in [-0.25, -0.2) is 4.79 Å². The van der Waals surface area contributed by atoms with E-state index >= 15 is 0 Å². The van der Waals surface area contributed by atoms with Crippen molar-refractivity contribution in [2.75, 3.05) is 30.4 Å². The summed E-state index contributed by atoms with van der Waals surface area (Å²) in [6.07, 6.45) is 1.37. The lowest BCUT2D eigenvalue weighted by atomic mass is 10.2. The van der Waals surface area contributed by atoms with Gasteiger partial charge in [-0.15, -0.1) is 11.3 Å². The van der Waals surface area contributed by atoms with Crippen molar-refractivity contribution in [3.63, 3.8) is 0 Å². The van der Waals surface area contributed by atoms with Crippen molar-refractivity contribution in [3.8, 4) is 0 Å². The molecule has 2 amide bonds. The SMILES string of the molecule is COC1CCN(c2ccc(NC(=O)NCc3cccs3)cc2)C1. The number of urea groups is 1. The van der Waals surface area contributed by atoms with Gasteiger partial charge in [0.2, 0.25) is 0 Å². The second-order valence-electron chi connectivity index (χ2n) is 5.53. The Morgan fingerprint density at radius 3 is 2.83 bits per heavy atom. The fourth-order valence-electron chi connectivity index (χ4n) is 2.67. The summed E-state index contributed by atoms with van der Waals surface area (Å²) in [5, 5.41) is 7.70. The van der Waals surface area contributed by atoms with Crippen LogP contribution in [0.4, 0.5) is 16.2 Å². The molecule has 1 saturated heterocycles. The fraction of sp³-hybridized carbons (Fsp3) is 0.353. The van der Waals surface area contributed by atoms with Crippen LogP contribution in [0.25, 0.3) is 0 Å². The summed E-state index contributed by atoms with van der Waals surface area (Å²) in [5.74, 6) is 0. The third-order valence-electron chi connectivity index (χ3n) is 3.97. The van der Waals surface area contributed by atoms with E-state index < -0.39 is 0 Å². The van der Waals surface area contributed by atoms with Crippen LogP contribution in [0.1, 0.15) is 11.3 Å². The van der Waals surface area contributed by atoms with Crippen molar-refractivity contribution in [3.05, 3.63) is 46.7 Å². The van der Waals surface area contributed by atoms with E-state index in [1.807, 2.05) is 41.8 Å². The molecule has 5 nitrogen and oxygen atoms in total. The molecule has 2 aromatic rings. The average molecular weight is 331 g/mol. The first kappa shape index (κ1) is 15.8. The molecule has 122 valence electrons. The Morgan fingerprint density at radius 2 is 2.17 bits per heavy atom. The number of carbonyl (C=O) groups is 1. The van der Waals surface area contributed by atoms with Crippen LogP contribution in [0, 0.1) is 0 Å². The zero-order valence-corrected chi connectivity index (χ0v) is 13.9. The number of thiophene rings is 1. The second kappa shape index (κ2) is 7.48. The van der Waals surface area contributed by atoms with Crippen LogP contribution in [-0.2, 0) is 11.3 Å². The standard InChI is InChI=1S/C17H21N3O2S/c1-22-15-8-9-20(12-15)14-6-4-13(5-7-14)19-17(21)18-11-16-3-2-10-23-16/h2-7,10,15H,8-9,11-12H2,1H3,(H2,18,19,21). The van der Waals surface area contributed by atoms with Gasteiger partial charge in [0.25, 0.3) is 0 Å². The topological polar surface area (TPSA) is 53.6 Å². The van der Waals surface area contributed by atoms with Crippen LogP contribution >= 0.6 is 11.3 Å². The first-order valence-corrected chi connectivity index (χ1v) is 8.57. The minimum atomic E-state index is -0.188. The Morgan fingerprint density at radius 1 is 1.35 bits per heavy atom. The monoisotopic (exact) mass is 331 g/mol.